The van der Waals surface area contributed by atoms with Gasteiger partial charge in [0.2, 0.25) is 0 Å². The molecule has 3 heteroatoms. The van der Waals surface area contributed by atoms with E-state index >= 15 is 0 Å². The van der Waals surface area contributed by atoms with Gasteiger partial charge >= 0.3 is 0 Å². The first-order chi connectivity index (χ1) is 8.19. The van der Waals surface area contributed by atoms with Crippen LogP contribution in [0.15, 0.2) is 30.3 Å². The van der Waals surface area contributed by atoms with Crippen LogP contribution in [-0.4, -0.2) is 17.8 Å². The number of nitrogens with zero attached hydrogens (tertiary/aromatic N) is 1. The minimum atomic E-state index is -0.181. The first kappa shape index (κ1) is 12.1. The fourth-order valence-corrected chi connectivity index (χ4v) is 2.02. The summed E-state index contributed by atoms with van der Waals surface area (Å²) in [7, 11) is 0. The predicted octanol–water partition coefficient (Wildman–Crippen LogP) is 2.00. The van der Waals surface area contributed by atoms with Gasteiger partial charge in [0.15, 0.2) is 0 Å². The molecule has 1 aromatic rings. The number of rotatable bonds is 5. The van der Waals surface area contributed by atoms with Crippen molar-refractivity contribution in [2.24, 2.45) is 5.41 Å². The van der Waals surface area contributed by atoms with Crippen LogP contribution in [0.5, 0.6) is 0 Å². The van der Waals surface area contributed by atoms with E-state index in [4.69, 9.17) is 0 Å². The number of aliphatic hydroxyl groups excluding tert-OH is 1. The number of hydrogen-bond acceptors (Lipinski definition) is 3. The molecule has 0 amide bonds. The fraction of sp³-hybridized carbons (Fsp3) is 0.500. The molecule has 1 aliphatic carbocycles. The molecule has 2 rings (SSSR count). The van der Waals surface area contributed by atoms with Gasteiger partial charge in [-0.3, -0.25) is 5.32 Å². The van der Waals surface area contributed by atoms with Crippen molar-refractivity contribution in [1.29, 1.82) is 5.26 Å². The summed E-state index contributed by atoms with van der Waals surface area (Å²) in [6, 6.07) is 11.8. The quantitative estimate of drug-likeness (QED) is 0.813. The van der Waals surface area contributed by atoms with Gasteiger partial charge in [0, 0.05) is 0 Å². The first-order valence-corrected chi connectivity index (χ1v) is 6.01. The zero-order valence-corrected chi connectivity index (χ0v) is 10.1. The molecule has 17 heavy (non-hydrogen) atoms. The number of benzene rings is 1. The second kappa shape index (κ2) is 4.87. The average molecular weight is 230 g/mol. The Labute approximate surface area is 102 Å². The number of hydrogen-bond donors (Lipinski definition) is 2. The molecule has 1 aromatic carbocycles. The lowest BCUT2D eigenvalue weighted by atomic mass is 9.98. The van der Waals surface area contributed by atoms with Crippen LogP contribution in [0.2, 0.25) is 0 Å². The molecule has 90 valence electrons. The van der Waals surface area contributed by atoms with Crippen LogP contribution >= 0.6 is 0 Å². The molecule has 1 fully saturated rings. The summed E-state index contributed by atoms with van der Waals surface area (Å²) in [5.41, 5.74) is 1.12. The summed E-state index contributed by atoms with van der Waals surface area (Å²) in [5.74, 6) is 0. The molecule has 0 saturated heterocycles. The van der Waals surface area contributed by atoms with Crippen LogP contribution in [0, 0.1) is 16.7 Å². The van der Waals surface area contributed by atoms with Gasteiger partial charge in [-0.1, -0.05) is 37.3 Å². The van der Waals surface area contributed by atoms with Crippen molar-refractivity contribution in [3.63, 3.8) is 0 Å². The van der Waals surface area contributed by atoms with Crippen LogP contribution in [0.25, 0.3) is 0 Å². The molecule has 0 spiro atoms. The molecule has 1 saturated carbocycles. The van der Waals surface area contributed by atoms with Crippen LogP contribution in [0.3, 0.4) is 0 Å². The molecule has 0 aromatic heterocycles. The second-order valence-corrected chi connectivity index (χ2v) is 5.03. The zero-order valence-electron chi connectivity index (χ0n) is 10.1. The lowest BCUT2D eigenvalue weighted by Crippen LogP contribution is -2.39. The van der Waals surface area contributed by atoms with Gasteiger partial charge in [0.1, 0.15) is 6.04 Å². The van der Waals surface area contributed by atoms with Crippen molar-refractivity contribution in [3.8, 4) is 6.07 Å². The molecule has 1 unspecified atom stereocenters. The summed E-state index contributed by atoms with van der Waals surface area (Å²) in [5, 5.41) is 21.9. The molecular weight excluding hydrogens is 212 g/mol. The highest BCUT2D eigenvalue weighted by molar-refractivity contribution is 5.21. The van der Waals surface area contributed by atoms with Crippen molar-refractivity contribution in [3.05, 3.63) is 35.9 Å². The van der Waals surface area contributed by atoms with E-state index in [1.54, 1.807) is 0 Å². The van der Waals surface area contributed by atoms with E-state index in [0.29, 0.717) is 0 Å². The molecule has 2 N–H and O–H groups in total. The maximum Gasteiger partial charge on any atom is 0.101 e. The monoisotopic (exact) mass is 230 g/mol. The van der Waals surface area contributed by atoms with Crippen LogP contribution < -0.4 is 5.32 Å². The Kier molecular flexibility index (Phi) is 3.46. The summed E-state index contributed by atoms with van der Waals surface area (Å²) in [6.45, 7) is 2.13. The average Bonchev–Trinajstić information content (AvgIpc) is 3.11. The molecule has 1 aliphatic rings. The fourth-order valence-electron chi connectivity index (χ4n) is 2.02. The van der Waals surface area contributed by atoms with Crippen LogP contribution in [-0.2, 0) is 0 Å². The van der Waals surface area contributed by atoms with Crippen molar-refractivity contribution in [2.75, 3.05) is 6.61 Å². The lowest BCUT2D eigenvalue weighted by molar-refractivity contribution is 0.227. The van der Waals surface area contributed by atoms with E-state index in [0.717, 1.165) is 18.4 Å². The van der Waals surface area contributed by atoms with E-state index in [2.05, 4.69) is 18.3 Å². The molecule has 0 aliphatic heterocycles. The van der Waals surface area contributed by atoms with Crippen molar-refractivity contribution >= 4 is 0 Å². The standard InChI is InChI=1S/C14H18N2O/c1-14(7-8-14)13(9-15)16-12(10-17)11-5-3-2-4-6-11/h2-6,12-13,16-17H,7-8,10H2,1H3/t12-,13?/m1/s1. The predicted molar refractivity (Wildman–Crippen MR) is 66.1 cm³/mol. The third-order valence-electron chi connectivity index (χ3n) is 3.62. The molecular formula is C14H18N2O. The highest BCUT2D eigenvalue weighted by Crippen LogP contribution is 2.48. The molecule has 3 nitrogen and oxygen atoms in total. The topological polar surface area (TPSA) is 56.0 Å². The van der Waals surface area contributed by atoms with Gasteiger partial charge in [-0.05, 0) is 23.8 Å². The largest absolute Gasteiger partial charge is 0.394 e. The third-order valence-corrected chi connectivity index (χ3v) is 3.62. The van der Waals surface area contributed by atoms with E-state index in [1.165, 1.54) is 0 Å². The van der Waals surface area contributed by atoms with Crippen LogP contribution in [0.4, 0.5) is 0 Å². The number of nitriles is 1. The zero-order chi connectivity index (χ0) is 12.3. The van der Waals surface area contributed by atoms with E-state index in [-0.39, 0.29) is 24.1 Å². The summed E-state index contributed by atoms with van der Waals surface area (Å²) in [4.78, 5) is 0. The minimum Gasteiger partial charge on any atom is -0.394 e. The highest BCUT2D eigenvalue weighted by Gasteiger charge is 2.45. The summed E-state index contributed by atoms with van der Waals surface area (Å²) >= 11 is 0. The molecule has 0 bridgehead atoms. The Bertz CT molecular complexity index is 406. The van der Waals surface area contributed by atoms with Gasteiger partial charge in [0.25, 0.3) is 0 Å². The second-order valence-electron chi connectivity index (χ2n) is 5.03. The van der Waals surface area contributed by atoms with Gasteiger partial charge < -0.3 is 5.11 Å². The lowest BCUT2D eigenvalue weighted by Gasteiger charge is -2.24. The smallest absolute Gasteiger partial charge is 0.101 e. The maximum atomic E-state index is 9.44. The van der Waals surface area contributed by atoms with Gasteiger partial charge in [-0.25, -0.2) is 0 Å². The normalized spacial score (nSPS) is 20.3. The Hall–Kier alpha value is -1.37. The molecule has 0 radical (unpaired) electrons. The SMILES string of the molecule is CC1(C(C#N)N[C@H](CO)c2ccccc2)CC1. The van der Waals surface area contributed by atoms with Crippen molar-refractivity contribution in [1.82, 2.24) is 5.32 Å². The molecule has 0 heterocycles. The minimum absolute atomic E-state index is 0.0122. The third kappa shape index (κ3) is 2.66. The Morgan fingerprint density at radius 3 is 2.53 bits per heavy atom. The van der Waals surface area contributed by atoms with Gasteiger partial charge in [-0.15, -0.1) is 0 Å². The van der Waals surface area contributed by atoms with Crippen molar-refractivity contribution < 1.29 is 5.11 Å². The van der Waals surface area contributed by atoms with E-state index in [9.17, 15) is 10.4 Å². The summed E-state index contributed by atoms with van der Waals surface area (Å²) < 4.78 is 0. The van der Waals surface area contributed by atoms with Gasteiger partial charge in [-0.2, -0.15) is 5.26 Å². The maximum absolute atomic E-state index is 9.44. The number of aliphatic hydroxyl groups is 1. The van der Waals surface area contributed by atoms with E-state index < -0.39 is 0 Å². The number of nitrogens with one attached hydrogen (secondary N) is 1. The Morgan fingerprint density at radius 2 is 2.06 bits per heavy atom. The summed E-state index contributed by atoms with van der Waals surface area (Å²) in [6.07, 6.45) is 2.18. The van der Waals surface area contributed by atoms with E-state index in [1.807, 2.05) is 30.3 Å². The van der Waals surface area contributed by atoms with Crippen LogP contribution in [0.1, 0.15) is 31.4 Å². The Morgan fingerprint density at radius 1 is 1.41 bits per heavy atom. The van der Waals surface area contributed by atoms with Gasteiger partial charge in [0.05, 0.1) is 18.7 Å². The van der Waals surface area contributed by atoms with Crippen molar-refractivity contribution in [2.45, 2.75) is 31.8 Å². The Balaban J connectivity index is 2.08. The first-order valence-electron chi connectivity index (χ1n) is 6.01. The molecule has 2 atom stereocenters. The highest BCUT2D eigenvalue weighted by atomic mass is 16.3.